The number of amides is 1. The number of rotatable bonds is 2. The standard InChI is InChI=1S/C11H21N3O/c1-11(2)7-10(8-12-11)14-5-3-13(9-15)4-6-14/h9-10,12H,3-8H2,1-2H3. The summed E-state index contributed by atoms with van der Waals surface area (Å²) in [6.45, 7) is 9.45. The number of nitrogens with zero attached hydrogens (tertiary/aromatic N) is 2. The maximum absolute atomic E-state index is 10.6. The van der Waals surface area contributed by atoms with Crippen LogP contribution in [0.4, 0.5) is 0 Å². The molecule has 0 spiro atoms. The lowest BCUT2D eigenvalue weighted by Crippen LogP contribution is -2.50. The summed E-state index contributed by atoms with van der Waals surface area (Å²) in [5.74, 6) is 0. The monoisotopic (exact) mass is 211 g/mol. The van der Waals surface area contributed by atoms with Crippen LogP contribution >= 0.6 is 0 Å². The number of nitrogens with one attached hydrogen (secondary N) is 1. The molecular weight excluding hydrogens is 190 g/mol. The molecule has 2 fully saturated rings. The van der Waals surface area contributed by atoms with Gasteiger partial charge in [0.05, 0.1) is 0 Å². The minimum absolute atomic E-state index is 0.284. The quantitative estimate of drug-likeness (QED) is 0.648. The highest BCUT2D eigenvalue weighted by atomic mass is 16.1. The first kappa shape index (κ1) is 10.9. The summed E-state index contributed by atoms with van der Waals surface area (Å²) >= 11 is 0. The van der Waals surface area contributed by atoms with E-state index in [-0.39, 0.29) is 5.54 Å². The smallest absolute Gasteiger partial charge is 0.209 e. The molecule has 0 aromatic rings. The van der Waals surface area contributed by atoms with Crippen LogP contribution in [0.2, 0.25) is 0 Å². The Kier molecular flexibility index (Phi) is 2.98. The van der Waals surface area contributed by atoms with E-state index in [4.69, 9.17) is 0 Å². The van der Waals surface area contributed by atoms with Crippen molar-refractivity contribution in [2.24, 2.45) is 0 Å². The van der Waals surface area contributed by atoms with Gasteiger partial charge < -0.3 is 10.2 Å². The predicted octanol–water partition coefficient (Wildman–Crippen LogP) is -0.0991. The average Bonchev–Trinajstić information content (AvgIpc) is 2.59. The molecule has 86 valence electrons. The van der Waals surface area contributed by atoms with Crippen LogP contribution in [0, 0.1) is 0 Å². The van der Waals surface area contributed by atoms with Crippen molar-refractivity contribution in [2.45, 2.75) is 31.8 Å². The lowest BCUT2D eigenvalue weighted by molar-refractivity contribution is -0.120. The van der Waals surface area contributed by atoms with E-state index in [2.05, 4.69) is 24.1 Å². The Hall–Kier alpha value is -0.610. The highest BCUT2D eigenvalue weighted by molar-refractivity contribution is 5.47. The van der Waals surface area contributed by atoms with Crippen molar-refractivity contribution >= 4 is 6.41 Å². The Labute approximate surface area is 91.6 Å². The molecule has 2 heterocycles. The van der Waals surface area contributed by atoms with E-state index in [1.165, 1.54) is 6.42 Å². The number of hydrogen-bond acceptors (Lipinski definition) is 3. The predicted molar refractivity (Wildman–Crippen MR) is 59.7 cm³/mol. The Morgan fingerprint density at radius 1 is 1.27 bits per heavy atom. The molecule has 4 nitrogen and oxygen atoms in total. The van der Waals surface area contributed by atoms with Crippen molar-refractivity contribution in [3.63, 3.8) is 0 Å². The molecule has 2 aliphatic heterocycles. The summed E-state index contributed by atoms with van der Waals surface area (Å²) in [6.07, 6.45) is 2.18. The number of piperazine rings is 1. The van der Waals surface area contributed by atoms with Crippen LogP contribution in [-0.4, -0.2) is 60.5 Å². The molecule has 0 saturated carbocycles. The number of carbonyl (C=O) groups excluding carboxylic acids is 1. The van der Waals surface area contributed by atoms with Crippen molar-refractivity contribution < 1.29 is 4.79 Å². The van der Waals surface area contributed by atoms with E-state index < -0.39 is 0 Å². The molecular formula is C11H21N3O. The lowest BCUT2D eigenvalue weighted by Gasteiger charge is -2.36. The van der Waals surface area contributed by atoms with E-state index >= 15 is 0 Å². The van der Waals surface area contributed by atoms with E-state index in [0.29, 0.717) is 6.04 Å². The topological polar surface area (TPSA) is 35.6 Å². The zero-order valence-corrected chi connectivity index (χ0v) is 9.70. The van der Waals surface area contributed by atoms with Gasteiger partial charge in [-0.25, -0.2) is 0 Å². The third-order valence-corrected chi connectivity index (χ3v) is 3.58. The van der Waals surface area contributed by atoms with Gasteiger partial charge in [-0.1, -0.05) is 0 Å². The molecule has 4 heteroatoms. The normalized spacial score (nSPS) is 31.9. The molecule has 0 bridgehead atoms. The molecule has 1 atom stereocenters. The van der Waals surface area contributed by atoms with Crippen LogP contribution in [0.3, 0.4) is 0 Å². The van der Waals surface area contributed by atoms with Crippen LogP contribution in [0.1, 0.15) is 20.3 Å². The van der Waals surface area contributed by atoms with Crippen molar-refractivity contribution in [3.05, 3.63) is 0 Å². The third-order valence-electron chi connectivity index (χ3n) is 3.58. The zero-order chi connectivity index (χ0) is 10.9. The third kappa shape index (κ3) is 2.49. The molecule has 0 radical (unpaired) electrons. The molecule has 15 heavy (non-hydrogen) atoms. The lowest BCUT2D eigenvalue weighted by atomic mass is 10.0. The van der Waals surface area contributed by atoms with E-state index in [1.54, 1.807) is 0 Å². The zero-order valence-electron chi connectivity index (χ0n) is 9.70. The van der Waals surface area contributed by atoms with Crippen LogP contribution in [0.5, 0.6) is 0 Å². The summed E-state index contributed by atoms with van der Waals surface area (Å²) in [6, 6.07) is 0.661. The van der Waals surface area contributed by atoms with Gasteiger partial charge in [0.25, 0.3) is 0 Å². The van der Waals surface area contributed by atoms with Gasteiger partial charge in [-0.3, -0.25) is 9.69 Å². The van der Waals surface area contributed by atoms with Crippen LogP contribution in [0.15, 0.2) is 0 Å². The maximum atomic E-state index is 10.6. The first-order chi connectivity index (χ1) is 7.11. The van der Waals surface area contributed by atoms with Crippen LogP contribution < -0.4 is 5.32 Å². The summed E-state index contributed by atoms with van der Waals surface area (Å²) in [5.41, 5.74) is 0.284. The van der Waals surface area contributed by atoms with Gasteiger partial charge in [-0.05, 0) is 20.3 Å². The Balaban J connectivity index is 1.84. The van der Waals surface area contributed by atoms with Gasteiger partial charge in [0.15, 0.2) is 0 Å². The van der Waals surface area contributed by atoms with E-state index in [0.717, 1.165) is 39.1 Å². The fraction of sp³-hybridized carbons (Fsp3) is 0.909. The Morgan fingerprint density at radius 3 is 2.40 bits per heavy atom. The summed E-state index contributed by atoms with van der Waals surface area (Å²) in [7, 11) is 0. The fourth-order valence-corrected chi connectivity index (χ4v) is 2.59. The van der Waals surface area contributed by atoms with Gasteiger partial charge in [-0.2, -0.15) is 0 Å². The molecule has 0 aliphatic carbocycles. The van der Waals surface area contributed by atoms with Gasteiger partial charge in [0.1, 0.15) is 0 Å². The van der Waals surface area contributed by atoms with Gasteiger partial charge in [0.2, 0.25) is 6.41 Å². The minimum Gasteiger partial charge on any atom is -0.343 e. The largest absolute Gasteiger partial charge is 0.343 e. The molecule has 1 N–H and O–H groups in total. The highest BCUT2D eigenvalue weighted by Gasteiger charge is 2.34. The average molecular weight is 211 g/mol. The maximum Gasteiger partial charge on any atom is 0.209 e. The first-order valence-corrected chi connectivity index (χ1v) is 5.79. The first-order valence-electron chi connectivity index (χ1n) is 5.79. The summed E-state index contributed by atoms with van der Waals surface area (Å²) in [5, 5.41) is 3.54. The second kappa shape index (κ2) is 4.10. The molecule has 0 aromatic carbocycles. The molecule has 0 aromatic heterocycles. The summed E-state index contributed by atoms with van der Waals surface area (Å²) < 4.78 is 0. The van der Waals surface area contributed by atoms with Gasteiger partial charge in [0, 0.05) is 44.3 Å². The van der Waals surface area contributed by atoms with E-state index in [1.807, 2.05) is 4.90 Å². The Morgan fingerprint density at radius 2 is 1.93 bits per heavy atom. The fourth-order valence-electron chi connectivity index (χ4n) is 2.59. The highest BCUT2D eigenvalue weighted by Crippen LogP contribution is 2.22. The van der Waals surface area contributed by atoms with Crippen LogP contribution in [0.25, 0.3) is 0 Å². The molecule has 1 amide bonds. The van der Waals surface area contributed by atoms with Crippen LogP contribution in [-0.2, 0) is 4.79 Å². The molecule has 2 aliphatic rings. The Bertz CT molecular complexity index is 234. The van der Waals surface area contributed by atoms with Crippen molar-refractivity contribution in [1.29, 1.82) is 0 Å². The second-order valence-electron chi connectivity index (χ2n) is 5.30. The van der Waals surface area contributed by atoms with Crippen molar-refractivity contribution in [2.75, 3.05) is 32.7 Å². The van der Waals surface area contributed by atoms with Crippen molar-refractivity contribution in [3.8, 4) is 0 Å². The number of carbonyl (C=O) groups is 1. The SMILES string of the molecule is CC1(C)CC(N2CCN(C=O)CC2)CN1. The molecule has 1 unspecified atom stereocenters. The van der Waals surface area contributed by atoms with Gasteiger partial charge in [-0.15, -0.1) is 0 Å². The second-order valence-corrected chi connectivity index (χ2v) is 5.30. The summed E-state index contributed by atoms with van der Waals surface area (Å²) in [4.78, 5) is 15.0. The number of hydrogen-bond donors (Lipinski definition) is 1. The van der Waals surface area contributed by atoms with Gasteiger partial charge >= 0.3 is 0 Å². The minimum atomic E-state index is 0.284. The van der Waals surface area contributed by atoms with Crippen molar-refractivity contribution in [1.82, 2.24) is 15.1 Å². The van der Waals surface area contributed by atoms with E-state index in [9.17, 15) is 4.79 Å². The molecule has 2 saturated heterocycles. The molecule has 2 rings (SSSR count).